The van der Waals surface area contributed by atoms with Crippen LogP contribution >= 0.6 is 24.8 Å². The molecule has 3 nitrogen and oxygen atoms in total. The molecule has 0 aromatic carbocycles. The first kappa shape index (κ1) is 16.5. The Morgan fingerprint density at radius 3 is 2.06 bits per heavy atom. The zero-order valence-electron chi connectivity index (χ0n) is 9.98. The third-order valence-electron chi connectivity index (χ3n) is 3.65. The molecule has 2 rings (SSSR count). The summed E-state index contributed by atoms with van der Waals surface area (Å²) in [6, 6.07) is 1.56. The first-order valence-corrected chi connectivity index (χ1v) is 5.89. The second kappa shape index (κ2) is 8.54. The van der Waals surface area contributed by atoms with E-state index in [1.807, 2.05) is 0 Å². The molecule has 5 heteroatoms. The fourth-order valence-corrected chi connectivity index (χ4v) is 2.60. The number of nitrogens with one attached hydrogen (secondary N) is 1. The molecule has 0 saturated carbocycles. The van der Waals surface area contributed by atoms with E-state index in [-0.39, 0.29) is 24.8 Å². The topological polar surface area (TPSA) is 24.5 Å². The summed E-state index contributed by atoms with van der Waals surface area (Å²) < 4.78 is 5.39. The summed E-state index contributed by atoms with van der Waals surface area (Å²) in [5, 5.41) is 3.38. The zero-order valence-corrected chi connectivity index (χ0v) is 11.6. The molecular formula is C11H24Cl2N2O. The number of piperidine rings is 1. The second-order valence-corrected chi connectivity index (χ2v) is 4.44. The summed E-state index contributed by atoms with van der Waals surface area (Å²) in [6.45, 7) is 4.49. The molecule has 2 saturated heterocycles. The molecule has 0 unspecified atom stereocenters. The average Bonchev–Trinajstić information content (AvgIpc) is 2.30. The highest BCUT2D eigenvalue weighted by Crippen LogP contribution is 2.19. The van der Waals surface area contributed by atoms with Gasteiger partial charge in [-0.1, -0.05) is 0 Å². The predicted molar refractivity (Wildman–Crippen MR) is 72.0 cm³/mol. The summed E-state index contributed by atoms with van der Waals surface area (Å²) in [7, 11) is 2.08. The summed E-state index contributed by atoms with van der Waals surface area (Å²) in [6.07, 6.45) is 5.11. The van der Waals surface area contributed by atoms with Gasteiger partial charge < -0.3 is 15.0 Å². The number of hydrogen-bond acceptors (Lipinski definition) is 3. The highest BCUT2D eigenvalue weighted by molar-refractivity contribution is 5.85. The van der Waals surface area contributed by atoms with Crippen molar-refractivity contribution in [3.05, 3.63) is 0 Å². The molecule has 0 spiro atoms. The van der Waals surface area contributed by atoms with Gasteiger partial charge in [0.15, 0.2) is 0 Å². The van der Waals surface area contributed by atoms with E-state index in [2.05, 4.69) is 17.3 Å². The van der Waals surface area contributed by atoms with Crippen LogP contribution in [0.1, 0.15) is 25.7 Å². The van der Waals surface area contributed by atoms with Gasteiger partial charge in [-0.05, 0) is 45.8 Å². The van der Waals surface area contributed by atoms with Crippen molar-refractivity contribution in [2.75, 3.05) is 33.4 Å². The molecule has 16 heavy (non-hydrogen) atoms. The third-order valence-corrected chi connectivity index (χ3v) is 3.65. The Balaban J connectivity index is 0.00000112. The molecular weight excluding hydrogens is 247 g/mol. The molecule has 2 heterocycles. The van der Waals surface area contributed by atoms with Gasteiger partial charge in [0.25, 0.3) is 0 Å². The SMILES string of the molecule is CNC1CCN(C2CCOCC2)CC1.Cl.Cl. The molecule has 98 valence electrons. The van der Waals surface area contributed by atoms with Gasteiger partial charge in [-0.2, -0.15) is 0 Å². The van der Waals surface area contributed by atoms with Crippen molar-refractivity contribution < 1.29 is 4.74 Å². The molecule has 0 bridgehead atoms. The van der Waals surface area contributed by atoms with Crippen molar-refractivity contribution in [2.45, 2.75) is 37.8 Å². The van der Waals surface area contributed by atoms with Crippen molar-refractivity contribution in [3.8, 4) is 0 Å². The van der Waals surface area contributed by atoms with Gasteiger partial charge in [0.2, 0.25) is 0 Å². The van der Waals surface area contributed by atoms with Gasteiger partial charge in [-0.25, -0.2) is 0 Å². The molecule has 0 radical (unpaired) electrons. The van der Waals surface area contributed by atoms with E-state index in [4.69, 9.17) is 4.74 Å². The fourth-order valence-electron chi connectivity index (χ4n) is 2.60. The van der Waals surface area contributed by atoms with Gasteiger partial charge >= 0.3 is 0 Å². The number of ether oxygens (including phenoxy) is 1. The Hall–Kier alpha value is 0.460. The van der Waals surface area contributed by atoms with Crippen LogP contribution in [0.5, 0.6) is 0 Å². The van der Waals surface area contributed by atoms with Crippen LogP contribution in [0, 0.1) is 0 Å². The first-order valence-electron chi connectivity index (χ1n) is 5.89. The number of halogens is 2. The molecule has 0 aromatic rings. The molecule has 0 aliphatic carbocycles. The van der Waals surface area contributed by atoms with Crippen LogP contribution in [0.15, 0.2) is 0 Å². The molecule has 0 aromatic heterocycles. The van der Waals surface area contributed by atoms with Crippen molar-refractivity contribution >= 4 is 24.8 Å². The molecule has 2 aliphatic heterocycles. The van der Waals surface area contributed by atoms with Crippen LogP contribution in [-0.4, -0.2) is 50.3 Å². The Morgan fingerprint density at radius 1 is 1.00 bits per heavy atom. The molecule has 2 aliphatic rings. The summed E-state index contributed by atoms with van der Waals surface area (Å²) in [5.41, 5.74) is 0. The highest BCUT2D eigenvalue weighted by Gasteiger charge is 2.25. The van der Waals surface area contributed by atoms with Crippen molar-refractivity contribution in [1.82, 2.24) is 10.2 Å². The standard InChI is InChI=1S/C11H22N2O.2ClH/c1-12-10-2-6-13(7-3-10)11-4-8-14-9-5-11;;/h10-12H,2-9H2,1H3;2*1H. The maximum atomic E-state index is 5.39. The summed E-state index contributed by atoms with van der Waals surface area (Å²) in [5.74, 6) is 0. The lowest BCUT2D eigenvalue weighted by molar-refractivity contribution is 0.0242. The third kappa shape index (κ3) is 4.38. The van der Waals surface area contributed by atoms with Crippen LogP contribution in [0.4, 0.5) is 0 Å². The highest BCUT2D eigenvalue weighted by atomic mass is 35.5. The number of rotatable bonds is 2. The van der Waals surface area contributed by atoms with Crippen LogP contribution in [0.2, 0.25) is 0 Å². The predicted octanol–water partition coefficient (Wildman–Crippen LogP) is 1.69. The molecule has 0 atom stereocenters. The monoisotopic (exact) mass is 270 g/mol. The van der Waals surface area contributed by atoms with E-state index >= 15 is 0 Å². The maximum absolute atomic E-state index is 5.39. The first-order chi connectivity index (χ1) is 6.90. The van der Waals surface area contributed by atoms with Gasteiger partial charge in [0, 0.05) is 25.3 Å². The van der Waals surface area contributed by atoms with Gasteiger partial charge in [-0.3, -0.25) is 0 Å². The average molecular weight is 271 g/mol. The van der Waals surface area contributed by atoms with Crippen LogP contribution < -0.4 is 5.32 Å². The minimum absolute atomic E-state index is 0. The largest absolute Gasteiger partial charge is 0.381 e. The Bertz CT molecular complexity index is 169. The second-order valence-electron chi connectivity index (χ2n) is 4.44. The lowest BCUT2D eigenvalue weighted by Gasteiger charge is -2.39. The molecule has 2 fully saturated rings. The normalized spacial score (nSPS) is 24.6. The van der Waals surface area contributed by atoms with Crippen molar-refractivity contribution in [3.63, 3.8) is 0 Å². The minimum Gasteiger partial charge on any atom is -0.381 e. The van der Waals surface area contributed by atoms with E-state index in [1.165, 1.54) is 38.8 Å². The Labute approximate surface area is 111 Å². The molecule has 0 amide bonds. The van der Waals surface area contributed by atoms with E-state index in [0.717, 1.165) is 25.3 Å². The van der Waals surface area contributed by atoms with Crippen LogP contribution in [0.25, 0.3) is 0 Å². The quantitative estimate of drug-likeness (QED) is 0.827. The maximum Gasteiger partial charge on any atom is 0.0480 e. The van der Waals surface area contributed by atoms with E-state index in [0.29, 0.717) is 0 Å². The Morgan fingerprint density at radius 2 is 1.56 bits per heavy atom. The summed E-state index contributed by atoms with van der Waals surface area (Å²) in [4.78, 5) is 2.66. The lowest BCUT2D eigenvalue weighted by atomic mass is 10.00. The number of nitrogens with zero attached hydrogens (tertiary/aromatic N) is 1. The molecule has 1 N–H and O–H groups in total. The fraction of sp³-hybridized carbons (Fsp3) is 1.00. The van der Waals surface area contributed by atoms with Gasteiger partial charge in [0.05, 0.1) is 0 Å². The number of likely N-dealkylation sites (tertiary alicyclic amines) is 1. The number of hydrogen-bond donors (Lipinski definition) is 1. The Kier molecular flexibility index (Phi) is 8.78. The van der Waals surface area contributed by atoms with E-state index in [1.54, 1.807) is 0 Å². The van der Waals surface area contributed by atoms with Gasteiger partial charge in [0.1, 0.15) is 0 Å². The van der Waals surface area contributed by atoms with E-state index in [9.17, 15) is 0 Å². The van der Waals surface area contributed by atoms with E-state index < -0.39 is 0 Å². The lowest BCUT2D eigenvalue weighted by Crippen LogP contribution is -2.47. The van der Waals surface area contributed by atoms with Crippen LogP contribution in [-0.2, 0) is 4.74 Å². The summed E-state index contributed by atoms with van der Waals surface area (Å²) >= 11 is 0. The smallest absolute Gasteiger partial charge is 0.0480 e. The van der Waals surface area contributed by atoms with Crippen molar-refractivity contribution in [2.24, 2.45) is 0 Å². The van der Waals surface area contributed by atoms with Crippen LogP contribution in [0.3, 0.4) is 0 Å². The minimum atomic E-state index is 0. The van der Waals surface area contributed by atoms with Gasteiger partial charge in [-0.15, -0.1) is 24.8 Å². The zero-order chi connectivity index (χ0) is 9.80. The van der Waals surface area contributed by atoms with Crippen molar-refractivity contribution in [1.29, 1.82) is 0 Å².